The molecule has 0 amide bonds. The molecule has 0 fully saturated rings. The summed E-state index contributed by atoms with van der Waals surface area (Å²) in [7, 11) is 0. The molecule has 2 aromatic rings. The lowest BCUT2D eigenvalue weighted by molar-refractivity contribution is 0.536. The van der Waals surface area contributed by atoms with Gasteiger partial charge in [-0.15, -0.1) is 0 Å². The zero-order valence-electron chi connectivity index (χ0n) is 11.7. The van der Waals surface area contributed by atoms with Crippen LogP contribution < -0.4 is 5.32 Å². The van der Waals surface area contributed by atoms with Crippen molar-refractivity contribution in [2.24, 2.45) is 0 Å². The molecule has 1 heterocycles. The maximum atomic E-state index is 14.1. The third kappa shape index (κ3) is 3.39. The Kier molecular flexibility index (Phi) is 4.79. The van der Waals surface area contributed by atoms with Gasteiger partial charge >= 0.3 is 0 Å². The van der Waals surface area contributed by atoms with Gasteiger partial charge in [-0.1, -0.05) is 24.6 Å². The van der Waals surface area contributed by atoms with E-state index in [0.717, 1.165) is 24.7 Å². The third-order valence-electron chi connectivity index (χ3n) is 3.11. The molecule has 0 aliphatic carbocycles. The monoisotopic (exact) mass is 276 g/mol. The van der Waals surface area contributed by atoms with E-state index >= 15 is 0 Å². The van der Waals surface area contributed by atoms with Gasteiger partial charge in [0.1, 0.15) is 11.6 Å². The Morgan fingerprint density at radius 2 is 2.00 bits per heavy atom. The maximum Gasteiger partial charge on any atom is 0.141 e. The predicted molar refractivity (Wildman–Crippen MR) is 75.5 cm³/mol. The summed E-state index contributed by atoms with van der Waals surface area (Å²) in [6, 6.07) is 7.55. The maximum absolute atomic E-state index is 14.1. The Morgan fingerprint density at radius 3 is 2.65 bits per heavy atom. The molecule has 1 atom stereocenters. The Bertz CT molecular complexity index is 567. The lowest BCUT2D eigenvalue weighted by Gasteiger charge is -2.19. The first-order chi connectivity index (χ1) is 9.61. The van der Waals surface area contributed by atoms with Gasteiger partial charge in [0.05, 0.1) is 17.9 Å². The highest BCUT2D eigenvalue weighted by Crippen LogP contribution is 2.24. The Hall–Kier alpha value is -1.81. The number of rotatable bonds is 5. The van der Waals surface area contributed by atoms with Crippen LogP contribution in [-0.2, 0) is 0 Å². The van der Waals surface area contributed by atoms with Crippen LogP contribution in [0, 0.1) is 18.6 Å². The fourth-order valence-electron chi connectivity index (χ4n) is 2.10. The summed E-state index contributed by atoms with van der Waals surface area (Å²) in [5.41, 5.74) is 2.13. The second-order valence-corrected chi connectivity index (χ2v) is 4.81. The Morgan fingerprint density at radius 1 is 1.20 bits per heavy atom. The highest BCUT2D eigenvalue weighted by atomic mass is 19.1. The van der Waals surface area contributed by atoms with Crippen molar-refractivity contribution in [2.75, 3.05) is 6.54 Å². The van der Waals surface area contributed by atoms with Gasteiger partial charge in [-0.2, -0.15) is 0 Å². The minimum Gasteiger partial charge on any atom is -0.305 e. The molecule has 2 nitrogen and oxygen atoms in total. The van der Waals surface area contributed by atoms with Crippen LogP contribution in [-0.4, -0.2) is 11.5 Å². The second kappa shape index (κ2) is 6.57. The topological polar surface area (TPSA) is 24.9 Å². The molecule has 0 saturated heterocycles. The standard InChI is InChI=1S/C16H18F2N2/c1-3-8-19-16(15-7-5-12(17)10-20-15)13-9-11(2)4-6-14(13)18/h4-7,9-10,16,19H,3,8H2,1-2H3. The van der Waals surface area contributed by atoms with Crippen molar-refractivity contribution in [3.05, 3.63) is 65.0 Å². The van der Waals surface area contributed by atoms with Crippen LogP contribution >= 0.6 is 0 Å². The number of benzene rings is 1. The van der Waals surface area contributed by atoms with Crippen LogP contribution in [0.2, 0.25) is 0 Å². The number of halogens is 2. The van der Waals surface area contributed by atoms with Gasteiger partial charge in [0.25, 0.3) is 0 Å². The molecule has 2 rings (SSSR count). The summed E-state index contributed by atoms with van der Waals surface area (Å²) in [5.74, 6) is -0.678. The van der Waals surface area contributed by atoms with Crippen molar-refractivity contribution in [1.29, 1.82) is 0 Å². The Labute approximate surface area is 117 Å². The van der Waals surface area contributed by atoms with Gasteiger partial charge in [-0.25, -0.2) is 8.78 Å². The zero-order valence-corrected chi connectivity index (χ0v) is 11.7. The van der Waals surface area contributed by atoms with E-state index in [1.807, 2.05) is 13.8 Å². The number of nitrogens with one attached hydrogen (secondary N) is 1. The molecule has 0 bridgehead atoms. The number of hydrogen-bond donors (Lipinski definition) is 1. The molecule has 0 radical (unpaired) electrons. The first-order valence-electron chi connectivity index (χ1n) is 6.72. The van der Waals surface area contributed by atoms with E-state index in [-0.39, 0.29) is 11.9 Å². The normalized spacial score (nSPS) is 12.4. The van der Waals surface area contributed by atoms with E-state index in [4.69, 9.17) is 0 Å². The van der Waals surface area contributed by atoms with Crippen LogP contribution in [0.25, 0.3) is 0 Å². The van der Waals surface area contributed by atoms with Crippen LogP contribution in [0.3, 0.4) is 0 Å². The van der Waals surface area contributed by atoms with Crippen molar-refractivity contribution in [1.82, 2.24) is 10.3 Å². The molecule has 0 aliphatic rings. The number of aromatic nitrogens is 1. The van der Waals surface area contributed by atoms with Gasteiger partial charge in [0.15, 0.2) is 0 Å². The molecule has 1 unspecified atom stereocenters. The molecule has 1 aromatic heterocycles. The summed E-state index contributed by atoms with van der Waals surface area (Å²) < 4.78 is 27.1. The van der Waals surface area contributed by atoms with Crippen LogP contribution in [0.1, 0.15) is 36.2 Å². The molecule has 0 aliphatic heterocycles. The summed E-state index contributed by atoms with van der Waals surface area (Å²) in [5, 5.41) is 3.26. The number of pyridine rings is 1. The molecular weight excluding hydrogens is 258 g/mol. The van der Waals surface area contributed by atoms with Gasteiger partial charge in [-0.3, -0.25) is 4.98 Å². The van der Waals surface area contributed by atoms with E-state index in [1.54, 1.807) is 18.2 Å². The van der Waals surface area contributed by atoms with Crippen molar-refractivity contribution < 1.29 is 8.78 Å². The second-order valence-electron chi connectivity index (χ2n) is 4.81. The number of aryl methyl sites for hydroxylation is 1. The molecular formula is C16H18F2N2. The van der Waals surface area contributed by atoms with Gasteiger partial charge in [0, 0.05) is 5.56 Å². The van der Waals surface area contributed by atoms with Crippen molar-refractivity contribution in [3.8, 4) is 0 Å². The molecule has 1 aromatic carbocycles. The number of hydrogen-bond acceptors (Lipinski definition) is 2. The SMILES string of the molecule is CCCNC(c1ccc(F)cn1)c1cc(C)ccc1F. The highest BCUT2D eigenvalue weighted by molar-refractivity contribution is 5.32. The van der Waals surface area contributed by atoms with E-state index in [2.05, 4.69) is 10.3 Å². The largest absolute Gasteiger partial charge is 0.305 e. The van der Waals surface area contributed by atoms with Crippen molar-refractivity contribution in [2.45, 2.75) is 26.3 Å². The molecule has 0 saturated carbocycles. The fraction of sp³-hybridized carbons (Fsp3) is 0.312. The lowest BCUT2D eigenvalue weighted by atomic mass is 10.00. The molecule has 20 heavy (non-hydrogen) atoms. The van der Waals surface area contributed by atoms with E-state index in [1.165, 1.54) is 12.1 Å². The first-order valence-corrected chi connectivity index (χ1v) is 6.72. The minimum atomic E-state index is -0.396. The Balaban J connectivity index is 2.41. The van der Waals surface area contributed by atoms with Crippen LogP contribution in [0.5, 0.6) is 0 Å². The summed E-state index contributed by atoms with van der Waals surface area (Å²) in [6.07, 6.45) is 2.08. The van der Waals surface area contributed by atoms with E-state index in [0.29, 0.717) is 11.3 Å². The third-order valence-corrected chi connectivity index (χ3v) is 3.11. The summed E-state index contributed by atoms with van der Waals surface area (Å²) in [6.45, 7) is 4.68. The smallest absolute Gasteiger partial charge is 0.141 e. The quantitative estimate of drug-likeness (QED) is 0.899. The average Bonchev–Trinajstić information content (AvgIpc) is 2.44. The minimum absolute atomic E-state index is 0.282. The molecule has 4 heteroatoms. The molecule has 0 spiro atoms. The highest BCUT2D eigenvalue weighted by Gasteiger charge is 2.18. The van der Waals surface area contributed by atoms with Crippen molar-refractivity contribution >= 4 is 0 Å². The predicted octanol–water partition coefficient (Wildman–Crippen LogP) is 3.76. The van der Waals surface area contributed by atoms with E-state index < -0.39 is 5.82 Å². The van der Waals surface area contributed by atoms with Gasteiger partial charge in [0.2, 0.25) is 0 Å². The lowest BCUT2D eigenvalue weighted by Crippen LogP contribution is -2.25. The van der Waals surface area contributed by atoms with Gasteiger partial charge < -0.3 is 5.32 Å². The van der Waals surface area contributed by atoms with E-state index in [9.17, 15) is 8.78 Å². The first kappa shape index (κ1) is 14.6. The van der Waals surface area contributed by atoms with Crippen LogP contribution in [0.4, 0.5) is 8.78 Å². The molecule has 106 valence electrons. The zero-order chi connectivity index (χ0) is 14.5. The number of nitrogens with zero attached hydrogens (tertiary/aromatic N) is 1. The van der Waals surface area contributed by atoms with Crippen molar-refractivity contribution in [3.63, 3.8) is 0 Å². The van der Waals surface area contributed by atoms with Crippen LogP contribution in [0.15, 0.2) is 36.5 Å². The summed E-state index contributed by atoms with van der Waals surface area (Å²) >= 11 is 0. The average molecular weight is 276 g/mol. The molecule has 1 N–H and O–H groups in total. The summed E-state index contributed by atoms with van der Waals surface area (Å²) in [4.78, 5) is 4.07. The van der Waals surface area contributed by atoms with Gasteiger partial charge in [-0.05, 0) is 38.1 Å². The fourth-order valence-corrected chi connectivity index (χ4v) is 2.10.